The number of nitriles is 1. The van der Waals surface area contributed by atoms with Crippen molar-refractivity contribution in [2.45, 2.75) is 0 Å². The Morgan fingerprint density at radius 2 is 1.92 bits per heavy atom. The molecule has 25 heavy (non-hydrogen) atoms. The molecule has 0 saturated carbocycles. The van der Waals surface area contributed by atoms with Crippen LogP contribution in [-0.4, -0.2) is 32.2 Å². The van der Waals surface area contributed by atoms with Gasteiger partial charge in [0, 0.05) is 30.9 Å². The van der Waals surface area contributed by atoms with E-state index in [0.29, 0.717) is 30.5 Å². The zero-order valence-electron chi connectivity index (χ0n) is 13.4. The number of nitrogens with zero attached hydrogens (tertiary/aromatic N) is 2. The molecule has 1 aliphatic rings. The Balaban J connectivity index is 1.71. The van der Waals surface area contributed by atoms with E-state index in [9.17, 15) is 14.4 Å². The highest BCUT2D eigenvalue weighted by molar-refractivity contribution is 6.09. The molecule has 128 valence electrons. The number of nitrogens with one attached hydrogen (secondary N) is 1. The number of carbonyl (C=O) groups is 1. The van der Waals surface area contributed by atoms with E-state index in [2.05, 4.69) is 5.32 Å². The van der Waals surface area contributed by atoms with Crippen molar-refractivity contribution < 1.29 is 18.3 Å². The van der Waals surface area contributed by atoms with E-state index in [0.717, 1.165) is 13.1 Å². The van der Waals surface area contributed by atoms with Crippen molar-refractivity contribution in [3.63, 3.8) is 0 Å². The molecule has 2 heterocycles. The highest BCUT2D eigenvalue weighted by Crippen LogP contribution is 2.21. The summed E-state index contributed by atoms with van der Waals surface area (Å²) in [6.07, 6.45) is 1.38. The minimum Gasteiger partial charge on any atom is -0.441 e. The van der Waals surface area contributed by atoms with Gasteiger partial charge in [0.1, 0.15) is 23.2 Å². The van der Waals surface area contributed by atoms with Crippen LogP contribution in [0.25, 0.3) is 6.08 Å². The van der Waals surface area contributed by atoms with Gasteiger partial charge < -0.3 is 19.4 Å². The van der Waals surface area contributed by atoms with Crippen LogP contribution < -0.4 is 10.2 Å². The molecular formula is C18H16FN3O3. The third-order valence-corrected chi connectivity index (χ3v) is 3.69. The van der Waals surface area contributed by atoms with Gasteiger partial charge in [0.05, 0.1) is 13.2 Å². The molecule has 7 heteroatoms. The highest BCUT2D eigenvalue weighted by atomic mass is 19.1. The van der Waals surface area contributed by atoms with Gasteiger partial charge in [-0.1, -0.05) is 0 Å². The molecular weight excluding hydrogens is 325 g/mol. The second-order valence-electron chi connectivity index (χ2n) is 5.41. The molecule has 1 aromatic heterocycles. The number of halogens is 1. The number of carbonyl (C=O) groups excluding carboxylic acids is 1. The van der Waals surface area contributed by atoms with Crippen LogP contribution in [0.3, 0.4) is 0 Å². The number of hydrogen-bond donors (Lipinski definition) is 1. The summed E-state index contributed by atoms with van der Waals surface area (Å²) in [7, 11) is 0. The topological polar surface area (TPSA) is 78.5 Å². The van der Waals surface area contributed by atoms with Gasteiger partial charge in [-0.15, -0.1) is 0 Å². The first-order valence-electron chi connectivity index (χ1n) is 7.77. The molecule has 0 unspecified atom stereocenters. The summed E-state index contributed by atoms with van der Waals surface area (Å²) >= 11 is 0. The first-order chi connectivity index (χ1) is 12.2. The molecule has 1 saturated heterocycles. The monoisotopic (exact) mass is 341 g/mol. The van der Waals surface area contributed by atoms with Gasteiger partial charge in [0.15, 0.2) is 5.88 Å². The highest BCUT2D eigenvalue weighted by Gasteiger charge is 2.15. The molecule has 0 atom stereocenters. The predicted octanol–water partition coefficient (Wildman–Crippen LogP) is 2.80. The Labute approximate surface area is 144 Å². The Kier molecular flexibility index (Phi) is 5.11. The number of benzene rings is 1. The quantitative estimate of drug-likeness (QED) is 0.683. The maximum Gasteiger partial charge on any atom is 0.266 e. The van der Waals surface area contributed by atoms with E-state index in [1.54, 1.807) is 12.1 Å². The third kappa shape index (κ3) is 4.25. The Morgan fingerprint density at radius 1 is 1.20 bits per heavy atom. The number of ether oxygens (including phenoxy) is 1. The van der Waals surface area contributed by atoms with Crippen molar-refractivity contribution in [3.8, 4) is 6.07 Å². The lowest BCUT2D eigenvalue weighted by Crippen LogP contribution is -2.35. The Hall–Kier alpha value is -3.11. The molecule has 1 N–H and O–H groups in total. The van der Waals surface area contributed by atoms with Gasteiger partial charge in [-0.2, -0.15) is 5.26 Å². The minimum atomic E-state index is -0.585. The Morgan fingerprint density at radius 3 is 2.60 bits per heavy atom. The van der Waals surface area contributed by atoms with Crippen molar-refractivity contribution in [2.75, 3.05) is 36.5 Å². The smallest absolute Gasteiger partial charge is 0.266 e. The van der Waals surface area contributed by atoms with Gasteiger partial charge in [0.25, 0.3) is 5.91 Å². The number of rotatable bonds is 4. The van der Waals surface area contributed by atoms with Crippen LogP contribution >= 0.6 is 0 Å². The number of anilines is 2. The van der Waals surface area contributed by atoms with E-state index in [4.69, 9.17) is 9.15 Å². The number of hydrogen-bond acceptors (Lipinski definition) is 5. The molecule has 0 bridgehead atoms. The standard InChI is InChI=1S/C18H16FN3O3/c19-14-1-3-15(4-2-14)21-18(23)13(12-20)11-16-5-6-17(25-16)22-7-9-24-10-8-22/h1-6,11H,7-10H2,(H,21,23)/b13-11-. The fourth-order valence-corrected chi connectivity index (χ4v) is 2.40. The lowest BCUT2D eigenvalue weighted by atomic mass is 10.2. The molecule has 1 fully saturated rings. The van der Waals surface area contributed by atoms with Crippen molar-refractivity contribution in [1.82, 2.24) is 0 Å². The van der Waals surface area contributed by atoms with E-state index >= 15 is 0 Å². The van der Waals surface area contributed by atoms with Gasteiger partial charge in [-0.3, -0.25) is 4.79 Å². The number of morpholine rings is 1. The summed E-state index contributed by atoms with van der Waals surface area (Å²) in [5, 5.41) is 11.8. The maximum atomic E-state index is 12.9. The van der Waals surface area contributed by atoms with Gasteiger partial charge in [0.2, 0.25) is 0 Å². The fourth-order valence-electron chi connectivity index (χ4n) is 2.40. The van der Waals surface area contributed by atoms with Crippen LogP contribution in [0.1, 0.15) is 5.76 Å². The Bertz CT molecular complexity index is 815. The first kappa shape index (κ1) is 16.7. The van der Waals surface area contributed by atoms with E-state index in [1.807, 2.05) is 11.0 Å². The molecule has 0 aliphatic carbocycles. The van der Waals surface area contributed by atoms with Crippen molar-refractivity contribution in [2.24, 2.45) is 0 Å². The zero-order valence-corrected chi connectivity index (χ0v) is 13.4. The molecule has 1 aromatic carbocycles. The van der Waals surface area contributed by atoms with Crippen molar-refractivity contribution in [3.05, 3.63) is 53.5 Å². The second kappa shape index (κ2) is 7.64. The first-order valence-corrected chi connectivity index (χ1v) is 7.77. The minimum absolute atomic E-state index is 0.104. The lowest BCUT2D eigenvalue weighted by Gasteiger charge is -2.26. The van der Waals surface area contributed by atoms with Crippen LogP contribution in [-0.2, 0) is 9.53 Å². The fraction of sp³-hybridized carbons (Fsp3) is 0.222. The summed E-state index contributed by atoms with van der Waals surface area (Å²) < 4.78 is 23.9. The summed E-state index contributed by atoms with van der Waals surface area (Å²) in [6, 6.07) is 10.7. The summed E-state index contributed by atoms with van der Waals surface area (Å²) in [5.41, 5.74) is 0.299. The van der Waals surface area contributed by atoms with E-state index in [-0.39, 0.29) is 5.57 Å². The lowest BCUT2D eigenvalue weighted by molar-refractivity contribution is -0.112. The van der Waals surface area contributed by atoms with Crippen LogP contribution in [0, 0.1) is 17.1 Å². The second-order valence-corrected chi connectivity index (χ2v) is 5.41. The average Bonchev–Trinajstić information content (AvgIpc) is 3.11. The van der Waals surface area contributed by atoms with Crippen LogP contribution in [0.2, 0.25) is 0 Å². The van der Waals surface area contributed by atoms with Crippen LogP contribution in [0.15, 0.2) is 46.4 Å². The van der Waals surface area contributed by atoms with E-state index in [1.165, 1.54) is 30.3 Å². The predicted molar refractivity (Wildman–Crippen MR) is 90.4 cm³/mol. The molecule has 1 aliphatic heterocycles. The molecule has 1 amide bonds. The molecule has 0 radical (unpaired) electrons. The van der Waals surface area contributed by atoms with Gasteiger partial charge in [-0.05, 0) is 30.3 Å². The molecule has 6 nitrogen and oxygen atoms in total. The SMILES string of the molecule is N#C/C(=C/c1ccc(N2CCOCC2)o1)C(=O)Nc1ccc(F)cc1. The number of furan rings is 1. The summed E-state index contributed by atoms with van der Waals surface area (Å²) in [4.78, 5) is 14.2. The third-order valence-electron chi connectivity index (χ3n) is 3.69. The van der Waals surface area contributed by atoms with Gasteiger partial charge >= 0.3 is 0 Å². The largest absolute Gasteiger partial charge is 0.441 e. The summed E-state index contributed by atoms with van der Waals surface area (Å²) in [6.45, 7) is 2.73. The van der Waals surface area contributed by atoms with Crippen LogP contribution in [0.5, 0.6) is 0 Å². The normalized spacial score (nSPS) is 14.9. The number of amides is 1. The van der Waals surface area contributed by atoms with Crippen LogP contribution in [0.4, 0.5) is 16.0 Å². The van der Waals surface area contributed by atoms with Crippen molar-refractivity contribution in [1.29, 1.82) is 5.26 Å². The van der Waals surface area contributed by atoms with Crippen molar-refractivity contribution >= 4 is 23.6 Å². The molecule has 0 spiro atoms. The average molecular weight is 341 g/mol. The molecule has 3 rings (SSSR count). The zero-order chi connectivity index (χ0) is 17.6. The maximum absolute atomic E-state index is 12.9. The van der Waals surface area contributed by atoms with Gasteiger partial charge in [-0.25, -0.2) is 4.39 Å². The van der Waals surface area contributed by atoms with E-state index < -0.39 is 11.7 Å². The summed E-state index contributed by atoms with van der Waals surface area (Å²) in [5.74, 6) is 0.0942. The molecule has 2 aromatic rings.